The van der Waals surface area contributed by atoms with Crippen LogP contribution >= 0.6 is 0 Å². The number of nitrogens with zero attached hydrogens (tertiary/aromatic N) is 1. The van der Waals surface area contributed by atoms with Crippen LogP contribution in [-0.2, 0) is 9.63 Å². The summed E-state index contributed by atoms with van der Waals surface area (Å²) in [4.78, 5) is 43.8. The van der Waals surface area contributed by atoms with Crippen LogP contribution in [0.15, 0.2) is 59.8 Å². The van der Waals surface area contributed by atoms with Crippen LogP contribution in [0.25, 0.3) is 16.8 Å². The average molecular weight is 472 g/mol. The zero-order valence-corrected chi connectivity index (χ0v) is 20.0. The fourth-order valence-electron chi connectivity index (χ4n) is 4.39. The number of ether oxygens (including phenoxy) is 2. The summed E-state index contributed by atoms with van der Waals surface area (Å²) in [6.45, 7) is 3.19. The molecular weight excluding hydrogens is 446 g/mol. The number of rotatable bonds is 7. The maximum absolute atomic E-state index is 13.8. The van der Waals surface area contributed by atoms with Gasteiger partial charge in [0.15, 0.2) is 5.71 Å². The molecular formula is C28H25NO6. The number of Topliss-reactive ketones (excluding diaryl/α,β-unsaturated/α-hetero) is 2. The maximum atomic E-state index is 13.8. The topological polar surface area (TPSA) is 91.3 Å². The van der Waals surface area contributed by atoms with E-state index in [4.69, 9.17) is 14.3 Å². The number of hydrogen-bond acceptors (Lipinski definition) is 7. The van der Waals surface area contributed by atoms with Gasteiger partial charge in [0, 0.05) is 29.0 Å². The van der Waals surface area contributed by atoms with E-state index in [-0.39, 0.29) is 17.0 Å². The largest absolute Gasteiger partial charge is 0.496 e. The molecule has 0 saturated heterocycles. The minimum Gasteiger partial charge on any atom is -0.496 e. The van der Waals surface area contributed by atoms with Crippen molar-refractivity contribution in [1.82, 2.24) is 0 Å². The lowest BCUT2D eigenvalue weighted by atomic mass is 9.83. The number of benzene rings is 3. The molecule has 1 unspecified atom stereocenters. The van der Waals surface area contributed by atoms with Gasteiger partial charge in [0.25, 0.3) is 0 Å². The van der Waals surface area contributed by atoms with Crippen molar-refractivity contribution >= 4 is 40.1 Å². The molecule has 0 spiro atoms. The minimum absolute atomic E-state index is 0.118. The van der Waals surface area contributed by atoms with E-state index < -0.39 is 23.2 Å². The highest BCUT2D eigenvalue weighted by atomic mass is 16.7. The quantitative estimate of drug-likeness (QED) is 0.151. The number of oxime groups is 1. The fraction of sp³-hybridized carbons (Fsp3) is 0.214. The number of hydrogen-bond donors (Lipinski definition) is 0. The van der Waals surface area contributed by atoms with Gasteiger partial charge < -0.3 is 14.3 Å². The number of methoxy groups -OCH3 is 2. The first-order valence-corrected chi connectivity index (χ1v) is 11.2. The molecule has 0 aromatic heterocycles. The van der Waals surface area contributed by atoms with Crippen LogP contribution in [0, 0.1) is 0 Å². The number of fused-ring (bicyclic) bond motifs is 2. The third-order valence-electron chi connectivity index (χ3n) is 6.02. The molecule has 4 rings (SSSR count). The van der Waals surface area contributed by atoms with Gasteiger partial charge in [0.1, 0.15) is 11.5 Å². The summed E-state index contributed by atoms with van der Waals surface area (Å²) in [5.41, 5.74) is 1.58. The van der Waals surface area contributed by atoms with E-state index in [0.29, 0.717) is 27.8 Å². The van der Waals surface area contributed by atoms with E-state index in [1.165, 1.54) is 0 Å². The SMILES string of the molecule is COc1ccc(C(=O)/C(=N/OC(C)=O)C(=O)c2ccc(OC)c3ccccc23)c2c1C(C)CC=C2. The first-order valence-electron chi connectivity index (χ1n) is 11.2. The van der Waals surface area contributed by atoms with Crippen LogP contribution in [-0.4, -0.2) is 37.5 Å². The first-order chi connectivity index (χ1) is 16.9. The number of carbonyl (C=O) groups is 3. The third kappa shape index (κ3) is 4.45. The Morgan fingerprint density at radius 3 is 2.17 bits per heavy atom. The molecule has 0 radical (unpaired) electrons. The molecule has 7 nitrogen and oxygen atoms in total. The van der Waals surface area contributed by atoms with Gasteiger partial charge in [0.2, 0.25) is 11.6 Å². The van der Waals surface area contributed by atoms with Gasteiger partial charge >= 0.3 is 5.97 Å². The zero-order valence-electron chi connectivity index (χ0n) is 20.0. The molecule has 0 N–H and O–H groups in total. The Hall–Kier alpha value is -4.26. The molecule has 1 aliphatic rings. The second-order valence-corrected chi connectivity index (χ2v) is 8.22. The first kappa shape index (κ1) is 23.9. The lowest BCUT2D eigenvalue weighted by Crippen LogP contribution is -2.27. The van der Waals surface area contributed by atoms with Crippen LogP contribution < -0.4 is 9.47 Å². The highest BCUT2D eigenvalue weighted by Gasteiger charge is 2.30. The molecule has 0 saturated carbocycles. The van der Waals surface area contributed by atoms with E-state index in [9.17, 15) is 14.4 Å². The van der Waals surface area contributed by atoms with E-state index >= 15 is 0 Å². The molecule has 3 aromatic rings. The fourth-order valence-corrected chi connectivity index (χ4v) is 4.39. The molecule has 3 aromatic carbocycles. The standard InChI is InChI=1S/C28H25NO6/c1-16-8-7-11-20-22(13-15-24(34-4)25(16)20)28(32)26(29-35-17(2)30)27(31)21-12-14-23(33-3)19-10-6-5-9-18(19)21/h5-7,9-16H,8H2,1-4H3/b29-26+. The molecule has 0 amide bonds. The Bertz CT molecular complexity index is 1400. The Morgan fingerprint density at radius 2 is 1.49 bits per heavy atom. The maximum Gasteiger partial charge on any atom is 0.332 e. The van der Waals surface area contributed by atoms with Crippen molar-refractivity contribution in [2.75, 3.05) is 14.2 Å². The van der Waals surface area contributed by atoms with Crippen molar-refractivity contribution in [3.8, 4) is 11.5 Å². The average Bonchev–Trinajstić information content (AvgIpc) is 2.87. The van der Waals surface area contributed by atoms with E-state index in [2.05, 4.69) is 5.16 Å². The normalized spacial score (nSPS) is 14.9. The smallest absolute Gasteiger partial charge is 0.332 e. The summed E-state index contributed by atoms with van der Waals surface area (Å²) in [6, 6.07) is 13.7. The van der Waals surface area contributed by atoms with Gasteiger partial charge in [-0.1, -0.05) is 48.5 Å². The van der Waals surface area contributed by atoms with Crippen LogP contribution in [0.2, 0.25) is 0 Å². The predicted octanol–water partition coefficient (Wildman–Crippen LogP) is 5.36. The lowest BCUT2D eigenvalue weighted by molar-refractivity contribution is -0.140. The Morgan fingerprint density at radius 1 is 0.857 bits per heavy atom. The van der Waals surface area contributed by atoms with Crippen molar-refractivity contribution in [3.63, 3.8) is 0 Å². The van der Waals surface area contributed by atoms with Crippen molar-refractivity contribution < 1.29 is 28.7 Å². The number of allylic oxidation sites excluding steroid dienone is 1. The van der Waals surface area contributed by atoms with Gasteiger partial charge in [-0.05, 0) is 47.6 Å². The monoisotopic (exact) mass is 471 g/mol. The van der Waals surface area contributed by atoms with Gasteiger partial charge in [-0.2, -0.15) is 0 Å². The van der Waals surface area contributed by atoms with Crippen LogP contribution in [0.4, 0.5) is 0 Å². The molecule has 0 aliphatic heterocycles. The molecule has 1 atom stereocenters. The number of ketones is 2. The number of carbonyl (C=O) groups excluding carboxylic acids is 3. The van der Waals surface area contributed by atoms with Gasteiger partial charge in [-0.25, -0.2) is 4.79 Å². The van der Waals surface area contributed by atoms with Gasteiger partial charge in [-0.3, -0.25) is 9.59 Å². The van der Waals surface area contributed by atoms with E-state index in [1.54, 1.807) is 50.6 Å². The van der Waals surface area contributed by atoms with Crippen LogP contribution in [0.1, 0.15) is 58.0 Å². The molecule has 1 aliphatic carbocycles. The summed E-state index contributed by atoms with van der Waals surface area (Å²) >= 11 is 0. The Balaban J connectivity index is 1.87. The minimum atomic E-state index is -0.743. The molecule has 7 heteroatoms. The van der Waals surface area contributed by atoms with Gasteiger partial charge in [0.05, 0.1) is 14.2 Å². The second kappa shape index (κ2) is 9.93. The molecule has 0 heterocycles. The van der Waals surface area contributed by atoms with Crippen LogP contribution in [0.5, 0.6) is 11.5 Å². The van der Waals surface area contributed by atoms with E-state index in [1.807, 2.05) is 31.2 Å². The Labute approximate surface area is 203 Å². The summed E-state index contributed by atoms with van der Waals surface area (Å²) < 4.78 is 10.9. The zero-order chi connectivity index (χ0) is 25.1. The Kier molecular flexibility index (Phi) is 6.78. The molecule has 0 fully saturated rings. The summed E-state index contributed by atoms with van der Waals surface area (Å²) in [5, 5.41) is 5.01. The van der Waals surface area contributed by atoms with E-state index in [0.717, 1.165) is 18.9 Å². The van der Waals surface area contributed by atoms with Crippen LogP contribution in [0.3, 0.4) is 0 Å². The summed E-state index contributed by atoms with van der Waals surface area (Å²) in [7, 11) is 3.12. The van der Waals surface area contributed by atoms with Crippen molar-refractivity contribution in [3.05, 3.63) is 76.9 Å². The van der Waals surface area contributed by atoms with Crippen molar-refractivity contribution in [2.24, 2.45) is 5.16 Å². The highest BCUT2D eigenvalue weighted by molar-refractivity contribution is 6.72. The molecule has 0 bridgehead atoms. The highest BCUT2D eigenvalue weighted by Crippen LogP contribution is 2.38. The predicted molar refractivity (Wildman–Crippen MR) is 133 cm³/mol. The van der Waals surface area contributed by atoms with Gasteiger partial charge in [-0.15, -0.1) is 0 Å². The van der Waals surface area contributed by atoms with Crippen molar-refractivity contribution in [2.45, 2.75) is 26.2 Å². The summed E-state index contributed by atoms with van der Waals surface area (Å²) in [5.74, 6) is -0.674. The second-order valence-electron chi connectivity index (χ2n) is 8.22. The lowest BCUT2D eigenvalue weighted by Gasteiger charge is -2.23. The van der Waals surface area contributed by atoms with Crippen molar-refractivity contribution in [1.29, 1.82) is 0 Å². The molecule has 35 heavy (non-hydrogen) atoms. The summed E-state index contributed by atoms with van der Waals surface area (Å²) in [6.07, 6.45) is 4.62. The molecule has 178 valence electrons. The third-order valence-corrected chi connectivity index (χ3v) is 6.02.